The van der Waals surface area contributed by atoms with Gasteiger partial charge >= 0.3 is 0 Å². The van der Waals surface area contributed by atoms with Gasteiger partial charge in [0.2, 0.25) is 0 Å². The van der Waals surface area contributed by atoms with E-state index in [1.165, 1.54) is 6.42 Å². The molecule has 0 radical (unpaired) electrons. The molecule has 0 saturated carbocycles. The van der Waals surface area contributed by atoms with E-state index in [1.54, 1.807) is 0 Å². The molecule has 0 saturated heterocycles. The van der Waals surface area contributed by atoms with E-state index in [1.807, 2.05) is 30.3 Å². The molecule has 25 heavy (non-hydrogen) atoms. The molecule has 0 heterocycles. The van der Waals surface area contributed by atoms with E-state index in [0.717, 1.165) is 31.2 Å². The lowest BCUT2D eigenvalue weighted by atomic mass is 10.0. The van der Waals surface area contributed by atoms with Crippen LogP contribution in [0.25, 0.3) is 0 Å². The standard InChI is InChI=1S/C19H32N4O2/c1-2-3-4-8-13-18(24)17(12-9-14-22-19(20)21)23-25-15-16-10-6-5-7-11-16/h5-7,10-11,17,23H,2-4,8-9,12-15H2,1H3,(H4,20,21,22)/t17-/m0/s1. The van der Waals surface area contributed by atoms with E-state index in [4.69, 9.17) is 16.3 Å². The van der Waals surface area contributed by atoms with Crippen LogP contribution in [-0.4, -0.2) is 24.3 Å². The highest BCUT2D eigenvalue weighted by Crippen LogP contribution is 2.09. The number of Topliss-reactive ketones (excluding diaryl/α,β-unsaturated/α-hetero) is 1. The number of unbranched alkanes of at least 4 members (excludes halogenated alkanes) is 3. The number of aliphatic imine (C=N–C) groups is 1. The summed E-state index contributed by atoms with van der Waals surface area (Å²) in [6.07, 6.45) is 6.30. The molecule has 0 aliphatic carbocycles. The number of benzene rings is 1. The molecule has 0 aliphatic heterocycles. The van der Waals surface area contributed by atoms with Gasteiger partial charge in [0.05, 0.1) is 12.6 Å². The monoisotopic (exact) mass is 348 g/mol. The molecule has 0 spiro atoms. The fourth-order valence-electron chi connectivity index (χ4n) is 2.49. The largest absolute Gasteiger partial charge is 0.370 e. The Morgan fingerprint density at radius 1 is 1.16 bits per heavy atom. The third kappa shape index (κ3) is 10.5. The van der Waals surface area contributed by atoms with Crippen molar-refractivity contribution in [2.75, 3.05) is 6.54 Å². The van der Waals surface area contributed by atoms with Crippen LogP contribution in [-0.2, 0) is 16.2 Å². The van der Waals surface area contributed by atoms with Crippen molar-refractivity contribution in [1.82, 2.24) is 5.48 Å². The van der Waals surface area contributed by atoms with Crippen LogP contribution in [0.1, 0.15) is 57.4 Å². The van der Waals surface area contributed by atoms with Gasteiger partial charge in [-0.25, -0.2) is 0 Å². The second-order valence-electron chi connectivity index (χ2n) is 6.17. The van der Waals surface area contributed by atoms with E-state index in [2.05, 4.69) is 17.4 Å². The van der Waals surface area contributed by atoms with E-state index in [-0.39, 0.29) is 17.8 Å². The molecular formula is C19H32N4O2. The maximum absolute atomic E-state index is 12.4. The predicted octanol–water partition coefficient (Wildman–Crippen LogP) is 2.67. The van der Waals surface area contributed by atoms with Crippen molar-refractivity contribution in [3.8, 4) is 0 Å². The molecule has 1 rings (SSSR count). The number of carbonyl (C=O) groups excluding carboxylic acids is 1. The van der Waals surface area contributed by atoms with Gasteiger partial charge in [0.25, 0.3) is 0 Å². The second-order valence-corrected chi connectivity index (χ2v) is 6.17. The van der Waals surface area contributed by atoms with Gasteiger partial charge in [-0.2, -0.15) is 5.48 Å². The lowest BCUT2D eigenvalue weighted by molar-refractivity contribution is -0.126. The van der Waals surface area contributed by atoms with Crippen LogP contribution >= 0.6 is 0 Å². The van der Waals surface area contributed by atoms with E-state index < -0.39 is 0 Å². The fourth-order valence-corrected chi connectivity index (χ4v) is 2.49. The SMILES string of the molecule is CCCCCCC(=O)[C@H](CCCN=C(N)N)NOCc1ccccc1. The number of nitrogens with zero attached hydrogens (tertiary/aromatic N) is 1. The molecule has 0 amide bonds. The summed E-state index contributed by atoms with van der Waals surface area (Å²) >= 11 is 0. The Labute approximate surface area is 151 Å². The number of nitrogens with one attached hydrogen (secondary N) is 1. The smallest absolute Gasteiger partial charge is 0.185 e. The van der Waals surface area contributed by atoms with E-state index >= 15 is 0 Å². The number of hydrogen-bond donors (Lipinski definition) is 3. The van der Waals surface area contributed by atoms with Gasteiger partial charge in [-0.15, -0.1) is 0 Å². The minimum atomic E-state index is -0.320. The van der Waals surface area contributed by atoms with Crippen molar-refractivity contribution in [2.45, 2.75) is 64.5 Å². The van der Waals surface area contributed by atoms with Crippen molar-refractivity contribution in [1.29, 1.82) is 0 Å². The van der Waals surface area contributed by atoms with Crippen molar-refractivity contribution < 1.29 is 9.63 Å². The zero-order valence-corrected chi connectivity index (χ0v) is 15.2. The van der Waals surface area contributed by atoms with Crippen LogP contribution in [0, 0.1) is 0 Å². The van der Waals surface area contributed by atoms with Crippen LogP contribution in [0.4, 0.5) is 0 Å². The van der Waals surface area contributed by atoms with Crippen molar-refractivity contribution in [3.63, 3.8) is 0 Å². The van der Waals surface area contributed by atoms with Crippen molar-refractivity contribution in [3.05, 3.63) is 35.9 Å². The third-order valence-corrected chi connectivity index (χ3v) is 3.92. The van der Waals surface area contributed by atoms with E-state index in [0.29, 0.717) is 26.0 Å². The third-order valence-electron chi connectivity index (χ3n) is 3.92. The average Bonchev–Trinajstić information content (AvgIpc) is 2.61. The fraction of sp³-hybridized carbons (Fsp3) is 0.579. The minimum absolute atomic E-state index is 0.0794. The maximum Gasteiger partial charge on any atom is 0.185 e. The molecule has 1 aromatic rings. The summed E-state index contributed by atoms with van der Waals surface area (Å²) in [4.78, 5) is 22.0. The van der Waals surface area contributed by atoms with Gasteiger partial charge in [-0.3, -0.25) is 14.6 Å². The quantitative estimate of drug-likeness (QED) is 0.208. The van der Waals surface area contributed by atoms with Gasteiger partial charge in [0.15, 0.2) is 11.7 Å². The highest BCUT2D eigenvalue weighted by molar-refractivity contribution is 5.83. The highest BCUT2D eigenvalue weighted by atomic mass is 16.6. The van der Waals surface area contributed by atoms with Gasteiger partial charge in [0, 0.05) is 13.0 Å². The van der Waals surface area contributed by atoms with Crippen LogP contribution < -0.4 is 16.9 Å². The van der Waals surface area contributed by atoms with Crippen LogP contribution in [0.5, 0.6) is 0 Å². The van der Waals surface area contributed by atoms with Crippen molar-refractivity contribution >= 4 is 11.7 Å². The summed E-state index contributed by atoms with van der Waals surface area (Å²) in [6.45, 7) is 3.10. The summed E-state index contributed by atoms with van der Waals surface area (Å²) in [5.41, 5.74) is 14.7. The summed E-state index contributed by atoms with van der Waals surface area (Å²) in [6, 6.07) is 9.54. The number of rotatable bonds is 14. The van der Waals surface area contributed by atoms with E-state index in [9.17, 15) is 4.79 Å². The summed E-state index contributed by atoms with van der Waals surface area (Å²) in [5, 5.41) is 0. The first-order valence-electron chi connectivity index (χ1n) is 9.12. The lowest BCUT2D eigenvalue weighted by Gasteiger charge is -2.17. The first-order valence-corrected chi connectivity index (χ1v) is 9.12. The second kappa shape index (κ2) is 13.4. The first-order chi connectivity index (χ1) is 12.1. The number of guanidine groups is 1. The number of ketones is 1. The maximum atomic E-state index is 12.4. The molecule has 0 bridgehead atoms. The Kier molecular flexibility index (Phi) is 11.3. The molecule has 6 nitrogen and oxygen atoms in total. The number of carbonyl (C=O) groups is 1. The van der Waals surface area contributed by atoms with Crippen LogP contribution in [0.3, 0.4) is 0 Å². The molecule has 1 atom stereocenters. The Bertz CT molecular complexity index is 501. The molecule has 0 aliphatic rings. The summed E-state index contributed by atoms with van der Waals surface area (Å²) in [7, 11) is 0. The summed E-state index contributed by atoms with van der Waals surface area (Å²) in [5.74, 6) is 0.268. The molecule has 0 aromatic heterocycles. The van der Waals surface area contributed by atoms with Gasteiger partial charge in [-0.1, -0.05) is 56.5 Å². The molecule has 0 fully saturated rings. The average molecular weight is 348 g/mol. The van der Waals surface area contributed by atoms with Crippen LogP contribution in [0.2, 0.25) is 0 Å². The number of hydroxylamine groups is 1. The van der Waals surface area contributed by atoms with Crippen LogP contribution in [0.15, 0.2) is 35.3 Å². The molecule has 1 aromatic carbocycles. The number of nitrogens with two attached hydrogens (primary N) is 2. The molecule has 5 N–H and O–H groups in total. The Hall–Kier alpha value is -1.92. The van der Waals surface area contributed by atoms with Gasteiger partial charge in [0.1, 0.15) is 0 Å². The summed E-state index contributed by atoms with van der Waals surface area (Å²) < 4.78 is 0. The zero-order chi connectivity index (χ0) is 18.3. The molecule has 140 valence electrons. The number of hydrogen-bond acceptors (Lipinski definition) is 4. The predicted molar refractivity (Wildman–Crippen MR) is 102 cm³/mol. The lowest BCUT2D eigenvalue weighted by Crippen LogP contribution is -2.37. The highest BCUT2D eigenvalue weighted by Gasteiger charge is 2.17. The zero-order valence-electron chi connectivity index (χ0n) is 15.2. The Balaban J connectivity index is 2.42. The Morgan fingerprint density at radius 2 is 1.92 bits per heavy atom. The van der Waals surface area contributed by atoms with Gasteiger partial charge < -0.3 is 11.5 Å². The Morgan fingerprint density at radius 3 is 2.60 bits per heavy atom. The first kappa shape index (κ1) is 21.1. The minimum Gasteiger partial charge on any atom is -0.370 e. The topological polar surface area (TPSA) is 103 Å². The molecule has 6 heteroatoms. The normalized spacial score (nSPS) is 11.9. The molecule has 0 unspecified atom stereocenters. The van der Waals surface area contributed by atoms with Gasteiger partial charge in [-0.05, 0) is 24.8 Å². The van der Waals surface area contributed by atoms with Crippen molar-refractivity contribution in [2.24, 2.45) is 16.5 Å². The molecular weight excluding hydrogens is 316 g/mol.